The van der Waals surface area contributed by atoms with E-state index < -0.39 is 67.5 Å². The van der Waals surface area contributed by atoms with Gasteiger partial charge in [-0.05, 0) is 6.92 Å². The molecule has 10 atom stereocenters. The first-order valence-corrected chi connectivity index (χ1v) is 8.78. The van der Waals surface area contributed by atoms with Gasteiger partial charge in [-0.2, -0.15) is 0 Å². The molecule has 2 heterocycles. The van der Waals surface area contributed by atoms with Crippen LogP contribution in [0.4, 0.5) is 0 Å². The van der Waals surface area contributed by atoms with Crippen molar-refractivity contribution in [3.8, 4) is 0 Å². The molecule has 10 heteroatoms. The number of carbonyl (C=O) groups excluding carboxylic acids is 1. The van der Waals surface area contributed by atoms with Crippen LogP contribution in [0.3, 0.4) is 0 Å². The minimum absolute atomic E-state index is 0.330. The highest BCUT2D eigenvalue weighted by atomic mass is 16.7. The topological polar surface area (TPSA) is 164 Å². The molecular formula is C16H30N2O8. The minimum atomic E-state index is -1.19. The number of hydrogen-bond acceptors (Lipinski definition) is 9. The first-order valence-electron chi connectivity index (χ1n) is 8.78. The maximum Gasteiger partial charge on any atom is 0.217 e. The van der Waals surface area contributed by atoms with Gasteiger partial charge in [0.15, 0.2) is 6.29 Å². The van der Waals surface area contributed by atoms with E-state index in [0.717, 1.165) is 0 Å². The lowest BCUT2D eigenvalue weighted by Gasteiger charge is -2.47. The molecule has 0 bridgehead atoms. The predicted molar refractivity (Wildman–Crippen MR) is 88.8 cm³/mol. The van der Waals surface area contributed by atoms with Crippen molar-refractivity contribution >= 4 is 5.91 Å². The second-order valence-electron chi connectivity index (χ2n) is 7.03. The zero-order chi connectivity index (χ0) is 19.6. The third-order valence-electron chi connectivity index (χ3n) is 5.13. The fourth-order valence-electron chi connectivity index (χ4n) is 3.50. The molecule has 152 valence electrons. The molecule has 0 saturated carbocycles. The van der Waals surface area contributed by atoms with E-state index in [1.807, 2.05) is 0 Å². The highest BCUT2D eigenvalue weighted by Crippen LogP contribution is 2.30. The van der Waals surface area contributed by atoms with Gasteiger partial charge >= 0.3 is 0 Å². The van der Waals surface area contributed by atoms with E-state index in [-0.39, 0.29) is 12.5 Å². The van der Waals surface area contributed by atoms with E-state index >= 15 is 0 Å². The molecule has 0 aromatic heterocycles. The van der Waals surface area contributed by atoms with Crippen LogP contribution < -0.4 is 11.1 Å². The number of amides is 1. The average molecular weight is 378 g/mol. The fourth-order valence-corrected chi connectivity index (χ4v) is 3.50. The Balaban J connectivity index is 2.16. The van der Waals surface area contributed by atoms with Gasteiger partial charge in [0.2, 0.25) is 5.91 Å². The van der Waals surface area contributed by atoms with E-state index in [0.29, 0.717) is 0 Å². The van der Waals surface area contributed by atoms with Gasteiger partial charge in [-0.25, -0.2) is 0 Å². The second-order valence-corrected chi connectivity index (χ2v) is 7.03. The van der Waals surface area contributed by atoms with Crippen LogP contribution >= 0.6 is 0 Å². The number of nitrogens with two attached hydrogens (primary N) is 1. The van der Waals surface area contributed by atoms with Crippen LogP contribution in [0.15, 0.2) is 0 Å². The van der Waals surface area contributed by atoms with Gasteiger partial charge in [0.1, 0.15) is 18.3 Å². The van der Waals surface area contributed by atoms with Gasteiger partial charge in [0.25, 0.3) is 0 Å². The number of aliphatic hydroxyl groups excluding tert-OH is 4. The zero-order valence-electron chi connectivity index (χ0n) is 15.2. The molecule has 7 N–H and O–H groups in total. The van der Waals surface area contributed by atoms with E-state index in [2.05, 4.69) is 5.32 Å². The Hall–Kier alpha value is -0.850. The Labute approximate surface area is 152 Å². The van der Waals surface area contributed by atoms with Crippen LogP contribution in [-0.4, -0.2) is 94.5 Å². The maximum atomic E-state index is 11.4. The van der Waals surface area contributed by atoms with E-state index in [1.54, 1.807) is 13.8 Å². The molecule has 0 radical (unpaired) electrons. The molecule has 26 heavy (non-hydrogen) atoms. The van der Waals surface area contributed by atoms with E-state index in [9.17, 15) is 25.2 Å². The van der Waals surface area contributed by atoms with Gasteiger partial charge < -0.3 is 45.7 Å². The van der Waals surface area contributed by atoms with Crippen molar-refractivity contribution in [1.29, 1.82) is 0 Å². The van der Waals surface area contributed by atoms with Crippen molar-refractivity contribution in [2.24, 2.45) is 11.7 Å². The van der Waals surface area contributed by atoms with Crippen LogP contribution in [0.1, 0.15) is 20.8 Å². The number of aliphatic hydroxyl groups is 4. The van der Waals surface area contributed by atoms with Crippen LogP contribution in [0.2, 0.25) is 0 Å². The second kappa shape index (κ2) is 8.89. The monoisotopic (exact) mass is 378 g/mol. The Morgan fingerprint density at radius 2 is 1.73 bits per heavy atom. The molecule has 0 aliphatic carbocycles. The lowest BCUT2D eigenvalue weighted by Crippen LogP contribution is -2.67. The van der Waals surface area contributed by atoms with Gasteiger partial charge in [-0.15, -0.1) is 0 Å². The molecular weight excluding hydrogens is 348 g/mol. The predicted octanol–water partition coefficient (Wildman–Crippen LogP) is -2.94. The Bertz CT molecular complexity index is 479. The number of rotatable bonds is 5. The van der Waals surface area contributed by atoms with Gasteiger partial charge in [0.05, 0.1) is 43.6 Å². The van der Waals surface area contributed by atoms with Crippen LogP contribution in [-0.2, 0) is 19.0 Å². The zero-order valence-corrected chi connectivity index (χ0v) is 15.2. The third-order valence-corrected chi connectivity index (χ3v) is 5.13. The van der Waals surface area contributed by atoms with Gasteiger partial charge in [0, 0.05) is 12.8 Å². The highest BCUT2D eigenvalue weighted by molar-refractivity contribution is 5.73. The number of ether oxygens (including phenoxy) is 3. The van der Waals surface area contributed by atoms with Crippen molar-refractivity contribution in [3.63, 3.8) is 0 Å². The summed E-state index contributed by atoms with van der Waals surface area (Å²) in [6.45, 7) is 3.92. The summed E-state index contributed by atoms with van der Waals surface area (Å²) >= 11 is 0. The van der Waals surface area contributed by atoms with Gasteiger partial charge in [-0.3, -0.25) is 4.79 Å². The molecule has 2 rings (SSSR count). The largest absolute Gasteiger partial charge is 0.394 e. The van der Waals surface area contributed by atoms with Crippen molar-refractivity contribution < 1.29 is 39.4 Å². The molecule has 0 spiro atoms. The molecule has 2 aliphatic heterocycles. The van der Waals surface area contributed by atoms with Crippen LogP contribution in [0.5, 0.6) is 0 Å². The summed E-state index contributed by atoms with van der Waals surface area (Å²) in [4.78, 5) is 11.4. The van der Waals surface area contributed by atoms with Crippen LogP contribution in [0.25, 0.3) is 0 Å². The molecule has 0 aromatic carbocycles. The Kier molecular flexibility index (Phi) is 7.34. The normalized spacial score (nSPS) is 46.8. The first-order chi connectivity index (χ1) is 12.2. The van der Waals surface area contributed by atoms with Crippen molar-refractivity contribution in [3.05, 3.63) is 0 Å². The molecule has 6 unspecified atom stereocenters. The number of carbonyl (C=O) groups is 1. The van der Waals surface area contributed by atoms with Crippen molar-refractivity contribution in [1.82, 2.24) is 5.32 Å². The van der Waals surface area contributed by atoms with E-state index in [4.69, 9.17) is 19.9 Å². The minimum Gasteiger partial charge on any atom is -0.394 e. The lowest BCUT2D eigenvalue weighted by molar-refractivity contribution is -0.303. The molecule has 2 fully saturated rings. The number of hydrogen-bond donors (Lipinski definition) is 6. The fraction of sp³-hybridized carbons (Fsp3) is 0.938. The summed E-state index contributed by atoms with van der Waals surface area (Å²) in [5.74, 6) is -0.746. The maximum absolute atomic E-state index is 11.4. The average Bonchev–Trinajstić information content (AvgIpc) is 2.60. The number of nitrogens with one attached hydrogen (secondary N) is 1. The molecule has 2 aliphatic rings. The summed E-state index contributed by atoms with van der Waals surface area (Å²) in [5, 5.41) is 42.5. The SMILES string of the molecule is CC(=O)NC1C(C)OC(CO)[C@@H](O[C@@H]2OC(CO)C(C)[C@H](O)C2N)[C@@H]1O. The standard InChI is InChI=1S/C16H30N2O8/c1-6-9(4-19)25-16(11(17)13(6)22)26-15-10(5-20)24-7(2)12(14(15)23)18-8(3)21/h6-7,9-16,19-20,22-23H,4-5,17H2,1-3H3,(H,18,21)/t6?,7?,9?,10?,11?,12?,13-,14+,15+,16-/m0/s1. The molecule has 2 saturated heterocycles. The molecule has 0 aromatic rings. The van der Waals surface area contributed by atoms with Crippen molar-refractivity contribution in [2.75, 3.05) is 13.2 Å². The lowest BCUT2D eigenvalue weighted by atomic mass is 9.89. The summed E-state index contributed by atoms with van der Waals surface area (Å²) in [5.41, 5.74) is 5.99. The quantitative estimate of drug-likeness (QED) is 0.294. The highest BCUT2D eigenvalue weighted by Gasteiger charge is 2.48. The Morgan fingerprint density at radius 1 is 1.12 bits per heavy atom. The van der Waals surface area contributed by atoms with Gasteiger partial charge in [-0.1, -0.05) is 6.92 Å². The Morgan fingerprint density at radius 3 is 2.27 bits per heavy atom. The third kappa shape index (κ3) is 4.34. The first kappa shape index (κ1) is 21.5. The summed E-state index contributed by atoms with van der Waals surface area (Å²) < 4.78 is 17.0. The van der Waals surface area contributed by atoms with E-state index in [1.165, 1.54) is 6.92 Å². The summed E-state index contributed by atoms with van der Waals surface area (Å²) in [6, 6.07) is -1.67. The smallest absolute Gasteiger partial charge is 0.217 e. The summed E-state index contributed by atoms with van der Waals surface area (Å²) in [6.07, 6.45) is -6.46. The molecule has 1 amide bonds. The summed E-state index contributed by atoms with van der Waals surface area (Å²) in [7, 11) is 0. The van der Waals surface area contributed by atoms with Crippen molar-refractivity contribution in [2.45, 2.75) is 75.8 Å². The van der Waals surface area contributed by atoms with Crippen LogP contribution in [0, 0.1) is 5.92 Å². The molecule has 10 nitrogen and oxygen atoms in total.